The van der Waals surface area contributed by atoms with E-state index in [0.717, 1.165) is 17.5 Å². The van der Waals surface area contributed by atoms with E-state index in [1.165, 1.54) is 6.08 Å². The Morgan fingerprint density at radius 3 is 2.38 bits per heavy atom. The van der Waals surface area contributed by atoms with Gasteiger partial charge in [0.1, 0.15) is 5.76 Å². The molecule has 1 atom stereocenters. The zero-order valence-corrected chi connectivity index (χ0v) is 14.1. The van der Waals surface area contributed by atoms with Crippen molar-refractivity contribution in [1.29, 1.82) is 0 Å². The molecular weight excluding hydrogens is 298 g/mol. The fraction of sp³-hybridized carbons (Fsp3) is 0.190. The lowest BCUT2D eigenvalue weighted by Crippen LogP contribution is -2.07. The summed E-state index contributed by atoms with van der Waals surface area (Å²) < 4.78 is 5.56. The molecule has 0 aliphatic carbocycles. The van der Waals surface area contributed by atoms with Crippen LogP contribution in [0.5, 0.6) is 0 Å². The predicted octanol–water partition coefficient (Wildman–Crippen LogP) is 4.91. The number of esters is 1. The summed E-state index contributed by atoms with van der Waals surface area (Å²) in [5.74, 6) is 0.462. The zero-order chi connectivity index (χ0) is 17.4. The van der Waals surface area contributed by atoms with Gasteiger partial charge in [-0.25, -0.2) is 4.79 Å². The monoisotopic (exact) mass is 321 g/mol. The van der Waals surface area contributed by atoms with Crippen molar-refractivity contribution in [3.05, 3.63) is 77.6 Å². The van der Waals surface area contributed by atoms with Crippen molar-refractivity contribution in [2.45, 2.75) is 20.3 Å². The highest BCUT2D eigenvalue weighted by Crippen LogP contribution is 2.20. The lowest BCUT2D eigenvalue weighted by Gasteiger charge is -2.13. The summed E-state index contributed by atoms with van der Waals surface area (Å²) in [6, 6.07) is 17.2. The van der Waals surface area contributed by atoms with Crippen molar-refractivity contribution in [2.24, 2.45) is 5.92 Å². The highest BCUT2D eigenvalue weighted by Gasteiger charge is 2.11. The van der Waals surface area contributed by atoms with E-state index in [0.29, 0.717) is 11.4 Å². The van der Waals surface area contributed by atoms with Gasteiger partial charge in [0.05, 0.1) is 0 Å². The normalized spacial score (nSPS) is 13.0. The third-order valence-electron chi connectivity index (χ3n) is 3.77. The largest absolute Gasteiger partial charge is 0.428 e. The van der Waals surface area contributed by atoms with Gasteiger partial charge >= 0.3 is 5.97 Å². The average molecular weight is 321 g/mol. The van der Waals surface area contributed by atoms with E-state index >= 15 is 0 Å². The Balaban J connectivity index is 2.10. The van der Waals surface area contributed by atoms with Crippen LogP contribution in [-0.2, 0) is 9.53 Å². The van der Waals surface area contributed by atoms with Gasteiger partial charge in [-0.05, 0) is 41.8 Å². The fourth-order valence-corrected chi connectivity index (χ4v) is 2.11. The first-order valence-electron chi connectivity index (χ1n) is 8.10. The molecule has 24 heavy (non-hydrogen) atoms. The Kier molecular flexibility index (Phi) is 6.38. The zero-order valence-electron chi connectivity index (χ0n) is 14.1. The molecule has 2 N–H and O–H groups in total. The molecule has 0 saturated heterocycles. The van der Waals surface area contributed by atoms with Gasteiger partial charge in [-0.15, -0.1) is 0 Å². The molecule has 0 aliphatic heterocycles. The highest BCUT2D eigenvalue weighted by atomic mass is 16.5. The van der Waals surface area contributed by atoms with Gasteiger partial charge in [0, 0.05) is 17.7 Å². The van der Waals surface area contributed by atoms with Crippen LogP contribution < -0.4 is 5.73 Å². The van der Waals surface area contributed by atoms with Crippen molar-refractivity contribution < 1.29 is 9.53 Å². The van der Waals surface area contributed by atoms with Gasteiger partial charge in [-0.3, -0.25) is 0 Å². The second kappa shape index (κ2) is 8.73. The molecule has 0 aromatic heterocycles. The maximum Gasteiger partial charge on any atom is 0.335 e. The summed E-state index contributed by atoms with van der Waals surface area (Å²) in [4.78, 5) is 12.1. The summed E-state index contributed by atoms with van der Waals surface area (Å²) >= 11 is 0. The Morgan fingerprint density at radius 2 is 1.75 bits per heavy atom. The smallest absolute Gasteiger partial charge is 0.335 e. The van der Waals surface area contributed by atoms with Gasteiger partial charge in [0.25, 0.3) is 0 Å². The Labute approximate surface area is 143 Å². The summed E-state index contributed by atoms with van der Waals surface area (Å²) in [6.07, 6.45) is 5.97. The molecule has 0 spiro atoms. The second-order valence-corrected chi connectivity index (χ2v) is 5.69. The van der Waals surface area contributed by atoms with Crippen LogP contribution >= 0.6 is 0 Å². The number of hydrogen-bond donors (Lipinski definition) is 1. The molecular formula is C21H23NO2. The molecule has 3 nitrogen and oxygen atoms in total. The number of rotatable bonds is 6. The van der Waals surface area contributed by atoms with Gasteiger partial charge in [0.15, 0.2) is 0 Å². The first-order chi connectivity index (χ1) is 11.6. The summed E-state index contributed by atoms with van der Waals surface area (Å²) in [7, 11) is 0. The lowest BCUT2D eigenvalue weighted by atomic mass is 10.0. The van der Waals surface area contributed by atoms with Crippen LogP contribution in [0.4, 0.5) is 5.69 Å². The maximum absolute atomic E-state index is 12.1. The van der Waals surface area contributed by atoms with Crippen LogP contribution in [0.2, 0.25) is 0 Å². The Bertz CT molecular complexity index is 715. The molecule has 0 radical (unpaired) electrons. The molecule has 3 heteroatoms. The number of nitrogen functional groups attached to an aromatic ring is 1. The number of nitrogens with two attached hydrogens (primary N) is 1. The summed E-state index contributed by atoms with van der Waals surface area (Å²) in [5, 5.41) is 0. The van der Waals surface area contributed by atoms with Gasteiger partial charge in [-0.2, -0.15) is 0 Å². The number of anilines is 1. The van der Waals surface area contributed by atoms with Gasteiger partial charge in [0.2, 0.25) is 0 Å². The van der Waals surface area contributed by atoms with Crippen molar-refractivity contribution >= 4 is 23.8 Å². The van der Waals surface area contributed by atoms with E-state index < -0.39 is 0 Å². The van der Waals surface area contributed by atoms with Crippen LogP contribution in [0.1, 0.15) is 31.4 Å². The Hall–Kier alpha value is -2.81. The van der Waals surface area contributed by atoms with E-state index in [9.17, 15) is 4.79 Å². The number of carbonyl (C=O) groups is 1. The van der Waals surface area contributed by atoms with Gasteiger partial charge < -0.3 is 10.5 Å². The highest BCUT2D eigenvalue weighted by molar-refractivity contribution is 5.88. The van der Waals surface area contributed by atoms with Crippen molar-refractivity contribution in [2.75, 3.05) is 5.73 Å². The maximum atomic E-state index is 12.1. The van der Waals surface area contributed by atoms with E-state index in [4.69, 9.17) is 10.5 Å². The number of carbonyl (C=O) groups excluding carboxylic acids is 1. The van der Waals surface area contributed by atoms with Crippen LogP contribution in [0, 0.1) is 5.92 Å². The van der Waals surface area contributed by atoms with E-state index in [2.05, 4.69) is 6.92 Å². The van der Waals surface area contributed by atoms with Crippen LogP contribution in [0.25, 0.3) is 12.2 Å². The number of allylic oxidation sites excluding steroid dienone is 1. The van der Waals surface area contributed by atoms with Gasteiger partial charge in [-0.1, -0.05) is 56.3 Å². The second-order valence-electron chi connectivity index (χ2n) is 5.69. The molecule has 0 fully saturated rings. The minimum atomic E-state index is -0.380. The molecule has 2 aromatic rings. The number of hydrogen-bond acceptors (Lipinski definition) is 3. The minimum Gasteiger partial charge on any atom is -0.428 e. The first kappa shape index (κ1) is 17.5. The quantitative estimate of drug-likeness (QED) is 0.356. The number of benzene rings is 2. The van der Waals surface area contributed by atoms with Crippen LogP contribution in [0.3, 0.4) is 0 Å². The van der Waals surface area contributed by atoms with Crippen molar-refractivity contribution in [3.8, 4) is 0 Å². The third-order valence-corrected chi connectivity index (χ3v) is 3.77. The van der Waals surface area contributed by atoms with Crippen molar-refractivity contribution in [1.82, 2.24) is 0 Å². The fourth-order valence-electron chi connectivity index (χ4n) is 2.11. The molecule has 124 valence electrons. The molecule has 2 rings (SSSR count). The standard InChI is InChI=1S/C21H23NO2/c1-3-16(2)20(15-18-7-5-4-6-8-18)24-21(23)14-11-17-9-12-19(22)13-10-17/h4-16H,3,22H2,1-2H3/b14-11+,20-15-. The molecule has 0 heterocycles. The molecule has 0 saturated carbocycles. The third kappa shape index (κ3) is 5.43. The molecule has 0 bridgehead atoms. The first-order valence-corrected chi connectivity index (χ1v) is 8.10. The topological polar surface area (TPSA) is 52.3 Å². The number of ether oxygens (including phenoxy) is 1. The summed E-state index contributed by atoms with van der Waals surface area (Å²) in [5.41, 5.74) is 8.26. The van der Waals surface area contributed by atoms with E-state index in [1.54, 1.807) is 18.2 Å². The molecule has 1 unspecified atom stereocenters. The average Bonchev–Trinajstić information content (AvgIpc) is 2.61. The molecule has 0 aliphatic rings. The summed E-state index contributed by atoms with van der Waals surface area (Å²) in [6.45, 7) is 4.12. The van der Waals surface area contributed by atoms with E-state index in [1.807, 2.05) is 55.5 Å². The van der Waals surface area contributed by atoms with Crippen molar-refractivity contribution in [3.63, 3.8) is 0 Å². The molecule has 0 amide bonds. The Morgan fingerprint density at radius 1 is 1.08 bits per heavy atom. The predicted molar refractivity (Wildman–Crippen MR) is 99.9 cm³/mol. The lowest BCUT2D eigenvalue weighted by molar-refractivity contribution is -0.134. The van der Waals surface area contributed by atoms with Crippen LogP contribution in [0.15, 0.2) is 66.4 Å². The molecule has 2 aromatic carbocycles. The SMILES string of the molecule is CCC(C)/C(=C/c1ccccc1)OC(=O)/C=C/c1ccc(N)cc1. The van der Waals surface area contributed by atoms with Crippen LogP contribution in [-0.4, -0.2) is 5.97 Å². The van der Waals surface area contributed by atoms with E-state index in [-0.39, 0.29) is 11.9 Å². The minimum absolute atomic E-state index is 0.166.